The van der Waals surface area contributed by atoms with Crippen LogP contribution in [0.3, 0.4) is 0 Å². The van der Waals surface area contributed by atoms with Crippen molar-refractivity contribution < 1.29 is 55.1 Å². The molecule has 2 fully saturated rings. The number of nitrogens with one attached hydrogen (secondary N) is 1. The highest BCUT2D eigenvalue weighted by molar-refractivity contribution is 4.93. The molecular weight excluding hydrogens is 388 g/mol. The van der Waals surface area contributed by atoms with E-state index in [4.69, 9.17) is 19.3 Å². The summed E-state index contributed by atoms with van der Waals surface area (Å²) in [5.41, 5.74) is 0. The first-order valence-electron chi connectivity index (χ1n) is 8.25. The molecular formula is C13H24N4O11. The Hall–Kier alpha value is -1.37. The van der Waals surface area contributed by atoms with Crippen molar-refractivity contribution >= 4 is 0 Å². The van der Waals surface area contributed by atoms with Gasteiger partial charge in [0.25, 0.3) is 0 Å². The van der Waals surface area contributed by atoms with Gasteiger partial charge in [0.1, 0.15) is 55.2 Å². The number of aliphatic hydroxyl groups is 8. The normalized spacial score (nSPS) is 43.9. The lowest BCUT2D eigenvalue weighted by atomic mass is 9.97. The third-order valence-corrected chi connectivity index (χ3v) is 4.25. The van der Waals surface area contributed by atoms with Crippen LogP contribution < -0.4 is 0 Å². The molecule has 0 spiro atoms. The van der Waals surface area contributed by atoms with Crippen LogP contribution in [0.5, 0.6) is 0 Å². The van der Waals surface area contributed by atoms with Gasteiger partial charge in [0.2, 0.25) is 0 Å². The monoisotopic (exact) mass is 412 g/mol. The topological polar surface area (TPSA) is 244 Å². The van der Waals surface area contributed by atoms with Gasteiger partial charge < -0.3 is 55.1 Å². The van der Waals surface area contributed by atoms with Crippen molar-refractivity contribution in [2.45, 2.75) is 61.4 Å². The molecule has 0 radical (unpaired) electrons. The van der Waals surface area contributed by atoms with Gasteiger partial charge in [-0.1, -0.05) is 0 Å². The molecule has 15 heteroatoms. The minimum Gasteiger partial charge on any atom is -0.394 e. The minimum absolute atomic E-state index is 0.667. The predicted molar refractivity (Wildman–Crippen MR) is 82.8 cm³/mol. The van der Waals surface area contributed by atoms with E-state index in [-0.39, 0.29) is 0 Å². The van der Waals surface area contributed by atoms with E-state index in [9.17, 15) is 35.7 Å². The molecule has 3 rings (SSSR count). The third-order valence-electron chi connectivity index (χ3n) is 4.25. The van der Waals surface area contributed by atoms with E-state index in [1.807, 2.05) is 0 Å². The molecule has 15 nitrogen and oxygen atoms in total. The first-order chi connectivity index (χ1) is 13.3. The molecule has 1 aromatic rings. The van der Waals surface area contributed by atoms with Gasteiger partial charge >= 0.3 is 0 Å². The maximum atomic E-state index is 9.94. The van der Waals surface area contributed by atoms with Crippen LogP contribution in [0.1, 0.15) is 0 Å². The quantitative estimate of drug-likeness (QED) is 0.223. The highest BCUT2D eigenvalue weighted by Gasteiger charge is 2.50. The molecule has 0 aliphatic carbocycles. The molecule has 2 saturated heterocycles. The van der Waals surface area contributed by atoms with Gasteiger partial charge in [-0.15, -0.1) is 5.10 Å². The molecule has 28 heavy (non-hydrogen) atoms. The second-order valence-corrected chi connectivity index (χ2v) is 6.09. The van der Waals surface area contributed by atoms with Gasteiger partial charge in [-0.05, 0) is 10.4 Å². The highest BCUT2D eigenvalue weighted by Crippen LogP contribution is 2.28. The highest BCUT2D eigenvalue weighted by atomic mass is 16.7. The fraction of sp³-hybridized carbons (Fsp3) is 0.923. The Morgan fingerprint density at radius 2 is 1.50 bits per heavy atom. The standard InChI is InChI=1S/C12H22O11.CH2N4/c13-1-3-5(15)6(16)9(19)12(22-3)23-10-4(2-14)21-11(20)8(18)7(10)17;1-2-4-5-3-1/h3-20H,1-2H2;1H,(H,2,3,4,5)/t3-,4-,5+,6+,7-,8-,9-,10-,11+,12+;/m1./s1. The van der Waals surface area contributed by atoms with E-state index in [0.29, 0.717) is 0 Å². The molecule has 0 saturated carbocycles. The van der Waals surface area contributed by atoms with Gasteiger partial charge in [0.15, 0.2) is 12.6 Å². The van der Waals surface area contributed by atoms with Crippen LogP contribution >= 0.6 is 0 Å². The van der Waals surface area contributed by atoms with E-state index in [2.05, 4.69) is 20.6 Å². The first-order valence-corrected chi connectivity index (χ1v) is 8.25. The van der Waals surface area contributed by atoms with E-state index in [1.54, 1.807) is 0 Å². The average Bonchev–Trinajstić information content (AvgIpc) is 3.28. The summed E-state index contributed by atoms with van der Waals surface area (Å²) in [6, 6.07) is 0. The van der Waals surface area contributed by atoms with Crippen LogP contribution in [-0.4, -0.2) is 136 Å². The summed E-state index contributed by atoms with van der Waals surface area (Å²) in [6.45, 7) is -1.35. The number of ether oxygens (including phenoxy) is 3. The van der Waals surface area contributed by atoms with Crippen LogP contribution in [0.4, 0.5) is 0 Å². The molecule has 0 unspecified atom stereocenters. The fourth-order valence-corrected chi connectivity index (χ4v) is 2.70. The van der Waals surface area contributed by atoms with E-state index in [0.717, 1.165) is 0 Å². The minimum atomic E-state index is -1.74. The lowest BCUT2D eigenvalue weighted by Gasteiger charge is -2.45. The number of aromatic nitrogens is 4. The number of tetrazole rings is 1. The van der Waals surface area contributed by atoms with E-state index >= 15 is 0 Å². The fourth-order valence-electron chi connectivity index (χ4n) is 2.70. The summed E-state index contributed by atoms with van der Waals surface area (Å²) in [5, 5.41) is 88.6. The molecule has 2 aliphatic heterocycles. The zero-order valence-electron chi connectivity index (χ0n) is 14.4. The van der Waals surface area contributed by atoms with Crippen LogP contribution in [0.15, 0.2) is 6.33 Å². The van der Waals surface area contributed by atoms with Gasteiger partial charge in [-0.3, -0.25) is 0 Å². The summed E-state index contributed by atoms with van der Waals surface area (Å²) < 4.78 is 15.3. The number of aromatic amines is 1. The van der Waals surface area contributed by atoms with Gasteiger partial charge in [-0.25, -0.2) is 5.10 Å². The van der Waals surface area contributed by atoms with Crippen LogP contribution in [-0.2, 0) is 14.2 Å². The molecule has 2 aliphatic rings. The Labute approximate surface area is 157 Å². The molecule has 0 amide bonds. The van der Waals surface area contributed by atoms with Crippen LogP contribution in [0, 0.1) is 0 Å². The Morgan fingerprint density at radius 1 is 0.821 bits per heavy atom. The summed E-state index contributed by atoms with van der Waals surface area (Å²) in [4.78, 5) is 0. The third kappa shape index (κ3) is 5.16. The molecule has 0 bridgehead atoms. The largest absolute Gasteiger partial charge is 0.394 e. The lowest BCUT2D eigenvalue weighted by molar-refractivity contribution is -0.355. The van der Waals surface area contributed by atoms with Crippen LogP contribution in [0.25, 0.3) is 0 Å². The van der Waals surface area contributed by atoms with Crippen molar-refractivity contribution in [1.29, 1.82) is 0 Å². The number of H-pyrrole nitrogens is 1. The number of rotatable bonds is 4. The predicted octanol–water partition coefficient (Wildman–Crippen LogP) is -6.20. The SMILES string of the molecule is OC[C@H]1O[C@@H](O[C@H]2[C@H](O)[C@@H](O)[C@@H](O)O[C@@H]2CO)[C@H](O)[C@@H](O)[C@H]1O.c1nnn[nH]1. The molecule has 3 heterocycles. The van der Waals surface area contributed by atoms with E-state index in [1.165, 1.54) is 6.33 Å². The first kappa shape index (κ1) is 22.9. The molecule has 9 N–H and O–H groups in total. The second kappa shape index (κ2) is 10.4. The number of hydrogen-bond donors (Lipinski definition) is 9. The second-order valence-electron chi connectivity index (χ2n) is 6.09. The Morgan fingerprint density at radius 3 is 2.00 bits per heavy atom. The smallest absolute Gasteiger partial charge is 0.187 e. The maximum absolute atomic E-state index is 9.94. The van der Waals surface area contributed by atoms with Crippen molar-refractivity contribution in [2.24, 2.45) is 0 Å². The molecule has 162 valence electrons. The Kier molecular flexibility index (Phi) is 8.53. The summed E-state index contributed by atoms with van der Waals surface area (Å²) in [7, 11) is 0. The zero-order valence-corrected chi connectivity index (χ0v) is 14.4. The van der Waals surface area contributed by atoms with Gasteiger partial charge in [0, 0.05) is 0 Å². The molecule has 1 aromatic heterocycles. The number of hydrogen-bond acceptors (Lipinski definition) is 14. The molecule has 10 atom stereocenters. The molecule has 0 aromatic carbocycles. The summed E-state index contributed by atoms with van der Waals surface area (Å²) in [5.74, 6) is 0. The van der Waals surface area contributed by atoms with Crippen molar-refractivity contribution in [3.63, 3.8) is 0 Å². The van der Waals surface area contributed by atoms with Gasteiger partial charge in [0.05, 0.1) is 13.2 Å². The van der Waals surface area contributed by atoms with Crippen molar-refractivity contribution in [3.8, 4) is 0 Å². The van der Waals surface area contributed by atoms with Crippen molar-refractivity contribution in [2.75, 3.05) is 13.2 Å². The number of aliphatic hydroxyl groups excluding tert-OH is 8. The maximum Gasteiger partial charge on any atom is 0.187 e. The van der Waals surface area contributed by atoms with Crippen LogP contribution in [0.2, 0.25) is 0 Å². The number of nitrogens with zero attached hydrogens (tertiary/aromatic N) is 3. The Bertz CT molecular complexity index is 533. The Balaban J connectivity index is 0.000000485. The summed E-state index contributed by atoms with van der Waals surface area (Å²) >= 11 is 0. The van der Waals surface area contributed by atoms with E-state index < -0.39 is 74.6 Å². The van der Waals surface area contributed by atoms with Crippen molar-refractivity contribution in [1.82, 2.24) is 20.6 Å². The summed E-state index contributed by atoms with van der Waals surface area (Å²) in [6.07, 6.45) is -14.2. The average molecular weight is 412 g/mol. The lowest BCUT2D eigenvalue weighted by Crippen LogP contribution is -2.64. The zero-order chi connectivity index (χ0) is 20.8. The van der Waals surface area contributed by atoms with Crippen molar-refractivity contribution in [3.05, 3.63) is 6.33 Å². The van der Waals surface area contributed by atoms with Gasteiger partial charge in [-0.2, -0.15) is 0 Å².